The highest BCUT2D eigenvalue weighted by Gasteiger charge is 2.14. The van der Waals surface area contributed by atoms with Crippen molar-refractivity contribution in [2.45, 2.75) is 6.92 Å². The fraction of sp³-hybridized carbons (Fsp3) is 0.0714. The number of benzene rings is 1. The third kappa shape index (κ3) is 3.23. The smallest absolute Gasteiger partial charge is 0.318 e. The number of nitrogens with two attached hydrogens (primary N) is 1. The monoisotopic (exact) mass is 331 g/mol. The van der Waals surface area contributed by atoms with Crippen molar-refractivity contribution < 1.29 is 4.79 Å². The molecule has 0 spiro atoms. The summed E-state index contributed by atoms with van der Waals surface area (Å²) >= 11 is 2.87. The van der Waals surface area contributed by atoms with Crippen molar-refractivity contribution in [3.63, 3.8) is 0 Å². The SMILES string of the molecule is Cc1nc(NC(N)=O)sc1-c1csc(Nc2ccccc2)n1. The first-order chi connectivity index (χ1) is 10.6. The van der Waals surface area contributed by atoms with E-state index < -0.39 is 6.03 Å². The number of rotatable bonds is 4. The van der Waals surface area contributed by atoms with Gasteiger partial charge >= 0.3 is 6.03 Å². The Balaban J connectivity index is 1.81. The number of nitrogens with one attached hydrogen (secondary N) is 2. The Morgan fingerprint density at radius 2 is 1.95 bits per heavy atom. The third-order valence-corrected chi connectivity index (χ3v) is 4.64. The molecule has 0 aliphatic heterocycles. The number of aryl methyl sites for hydroxylation is 1. The fourth-order valence-corrected chi connectivity index (χ4v) is 3.60. The molecule has 3 aromatic rings. The zero-order valence-electron chi connectivity index (χ0n) is 11.7. The number of hydrogen-bond donors (Lipinski definition) is 3. The van der Waals surface area contributed by atoms with Crippen molar-refractivity contribution in [3.8, 4) is 10.6 Å². The van der Waals surface area contributed by atoms with Gasteiger partial charge in [0.2, 0.25) is 0 Å². The highest BCUT2D eigenvalue weighted by molar-refractivity contribution is 7.20. The summed E-state index contributed by atoms with van der Waals surface area (Å²) in [6.07, 6.45) is 0. The van der Waals surface area contributed by atoms with Crippen LogP contribution in [0.3, 0.4) is 0 Å². The first-order valence-corrected chi connectivity index (χ1v) is 8.13. The second-order valence-electron chi connectivity index (χ2n) is 4.45. The zero-order chi connectivity index (χ0) is 15.5. The summed E-state index contributed by atoms with van der Waals surface area (Å²) in [7, 11) is 0. The maximum absolute atomic E-state index is 10.9. The van der Waals surface area contributed by atoms with Gasteiger partial charge in [0.05, 0.1) is 16.3 Å². The standard InChI is InChI=1S/C14H13N5OS2/c1-8-11(22-14(16-8)19-12(15)20)10-7-21-13(18-10)17-9-5-3-2-4-6-9/h2-7H,1H3,(H,17,18)(H3,15,16,19,20). The molecule has 2 amide bonds. The summed E-state index contributed by atoms with van der Waals surface area (Å²) in [6.45, 7) is 1.88. The Kier molecular flexibility index (Phi) is 4.03. The van der Waals surface area contributed by atoms with Gasteiger partial charge in [-0.3, -0.25) is 5.32 Å². The van der Waals surface area contributed by atoms with Crippen LogP contribution in [-0.2, 0) is 0 Å². The van der Waals surface area contributed by atoms with Crippen molar-refractivity contribution in [1.29, 1.82) is 0 Å². The van der Waals surface area contributed by atoms with Crippen LogP contribution in [0.1, 0.15) is 5.69 Å². The molecule has 2 aromatic heterocycles. The lowest BCUT2D eigenvalue weighted by Crippen LogP contribution is -2.18. The van der Waals surface area contributed by atoms with E-state index in [1.807, 2.05) is 42.6 Å². The number of amides is 2. The number of thiazole rings is 2. The van der Waals surface area contributed by atoms with Crippen LogP contribution in [-0.4, -0.2) is 16.0 Å². The molecule has 4 N–H and O–H groups in total. The summed E-state index contributed by atoms with van der Waals surface area (Å²) in [5.41, 5.74) is 7.73. The lowest BCUT2D eigenvalue weighted by molar-refractivity contribution is 0.259. The molecule has 0 saturated heterocycles. The van der Waals surface area contributed by atoms with Crippen LogP contribution < -0.4 is 16.4 Å². The minimum atomic E-state index is -0.620. The second-order valence-corrected chi connectivity index (χ2v) is 6.31. The molecule has 22 heavy (non-hydrogen) atoms. The van der Waals surface area contributed by atoms with Gasteiger partial charge in [-0.15, -0.1) is 11.3 Å². The molecule has 112 valence electrons. The summed E-state index contributed by atoms with van der Waals surface area (Å²) in [4.78, 5) is 20.6. The van der Waals surface area contributed by atoms with E-state index in [0.717, 1.165) is 27.1 Å². The van der Waals surface area contributed by atoms with Crippen LogP contribution in [0.4, 0.5) is 20.7 Å². The van der Waals surface area contributed by atoms with Gasteiger partial charge in [-0.2, -0.15) is 0 Å². The van der Waals surface area contributed by atoms with Crippen molar-refractivity contribution in [3.05, 3.63) is 41.4 Å². The maximum Gasteiger partial charge on any atom is 0.318 e. The van der Waals surface area contributed by atoms with E-state index in [4.69, 9.17) is 5.73 Å². The molecule has 0 aliphatic rings. The topological polar surface area (TPSA) is 92.9 Å². The molecule has 0 fully saturated rings. The number of aromatic nitrogens is 2. The average Bonchev–Trinajstić information content (AvgIpc) is 3.06. The number of carbonyl (C=O) groups excluding carboxylic acids is 1. The molecule has 0 saturated carbocycles. The van der Waals surface area contributed by atoms with Crippen LogP contribution in [0.25, 0.3) is 10.6 Å². The minimum Gasteiger partial charge on any atom is -0.351 e. The molecule has 0 unspecified atom stereocenters. The first-order valence-electron chi connectivity index (χ1n) is 6.43. The molecule has 0 aliphatic carbocycles. The Morgan fingerprint density at radius 3 is 2.68 bits per heavy atom. The zero-order valence-corrected chi connectivity index (χ0v) is 13.3. The van der Waals surface area contributed by atoms with Crippen molar-refractivity contribution in [2.75, 3.05) is 10.6 Å². The van der Waals surface area contributed by atoms with Gasteiger partial charge < -0.3 is 11.1 Å². The van der Waals surface area contributed by atoms with Crippen LogP contribution >= 0.6 is 22.7 Å². The molecule has 1 aromatic carbocycles. The van der Waals surface area contributed by atoms with E-state index in [9.17, 15) is 4.79 Å². The van der Waals surface area contributed by atoms with Crippen molar-refractivity contribution in [2.24, 2.45) is 5.73 Å². The molecule has 2 heterocycles. The van der Waals surface area contributed by atoms with Crippen LogP contribution in [0, 0.1) is 6.92 Å². The molecule has 3 rings (SSSR count). The summed E-state index contributed by atoms with van der Waals surface area (Å²) in [5.74, 6) is 0. The average molecular weight is 331 g/mol. The summed E-state index contributed by atoms with van der Waals surface area (Å²) < 4.78 is 0. The third-order valence-electron chi connectivity index (χ3n) is 2.79. The van der Waals surface area contributed by atoms with Crippen LogP contribution in [0.5, 0.6) is 0 Å². The largest absolute Gasteiger partial charge is 0.351 e. The van der Waals surface area contributed by atoms with Gasteiger partial charge in [0.25, 0.3) is 0 Å². The summed E-state index contributed by atoms with van der Waals surface area (Å²) in [5, 5.41) is 8.98. The van der Waals surface area contributed by atoms with Gasteiger partial charge in [-0.1, -0.05) is 29.5 Å². The molecular formula is C14H13N5OS2. The van der Waals surface area contributed by atoms with E-state index in [2.05, 4.69) is 20.6 Å². The highest BCUT2D eigenvalue weighted by Crippen LogP contribution is 2.35. The van der Waals surface area contributed by atoms with Gasteiger partial charge in [-0.25, -0.2) is 14.8 Å². The molecule has 0 radical (unpaired) electrons. The molecular weight excluding hydrogens is 318 g/mol. The molecule has 0 atom stereocenters. The quantitative estimate of drug-likeness (QED) is 0.678. The number of urea groups is 1. The predicted molar refractivity (Wildman–Crippen MR) is 90.9 cm³/mol. The number of carbonyl (C=O) groups is 1. The number of primary amides is 1. The molecule has 8 heteroatoms. The number of para-hydroxylation sites is 1. The summed E-state index contributed by atoms with van der Waals surface area (Å²) in [6, 6.07) is 9.23. The fourth-order valence-electron chi connectivity index (χ4n) is 1.87. The Morgan fingerprint density at radius 1 is 1.18 bits per heavy atom. The highest BCUT2D eigenvalue weighted by atomic mass is 32.1. The van der Waals surface area contributed by atoms with Crippen LogP contribution in [0.15, 0.2) is 35.7 Å². The van der Waals surface area contributed by atoms with Crippen molar-refractivity contribution in [1.82, 2.24) is 9.97 Å². The first kappa shape index (κ1) is 14.5. The maximum atomic E-state index is 10.9. The lowest BCUT2D eigenvalue weighted by atomic mass is 10.3. The minimum absolute atomic E-state index is 0.477. The van der Waals surface area contributed by atoms with E-state index in [-0.39, 0.29) is 0 Å². The van der Waals surface area contributed by atoms with Crippen molar-refractivity contribution >= 4 is 44.7 Å². The van der Waals surface area contributed by atoms with Gasteiger partial charge in [-0.05, 0) is 19.1 Å². The Hall–Kier alpha value is -2.45. The number of anilines is 3. The normalized spacial score (nSPS) is 10.4. The molecule has 6 nitrogen and oxygen atoms in total. The van der Waals surface area contributed by atoms with E-state index in [0.29, 0.717) is 5.13 Å². The molecule has 0 bridgehead atoms. The number of hydrogen-bond acceptors (Lipinski definition) is 6. The lowest BCUT2D eigenvalue weighted by Gasteiger charge is -2.00. The van der Waals surface area contributed by atoms with Crippen LogP contribution in [0.2, 0.25) is 0 Å². The predicted octanol–water partition coefficient (Wildman–Crippen LogP) is 3.81. The second kappa shape index (κ2) is 6.12. The van der Waals surface area contributed by atoms with E-state index in [1.165, 1.54) is 22.7 Å². The van der Waals surface area contributed by atoms with E-state index in [1.54, 1.807) is 0 Å². The number of nitrogens with zero attached hydrogens (tertiary/aromatic N) is 2. The Labute approximate surface area is 135 Å². The Bertz CT molecular complexity index is 797. The van der Waals surface area contributed by atoms with Gasteiger partial charge in [0.15, 0.2) is 10.3 Å². The van der Waals surface area contributed by atoms with E-state index >= 15 is 0 Å². The van der Waals surface area contributed by atoms with Gasteiger partial charge in [0.1, 0.15) is 0 Å². The van der Waals surface area contributed by atoms with Gasteiger partial charge in [0, 0.05) is 11.1 Å².